The summed E-state index contributed by atoms with van der Waals surface area (Å²) in [5.41, 5.74) is 1.95. The van der Waals surface area contributed by atoms with Gasteiger partial charge in [-0.25, -0.2) is 0 Å². The van der Waals surface area contributed by atoms with Crippen LogP contribution in [-0.2, 0) is 9.53 Å². The zero-order chi connectivity index (χ0) is 28.3. The van der Waals surface area contributed by atoms with Gasteiger partial charge >= 0.3 is 0 Å². The van der Waals surface area contributed by atoms with Gasteiger partial charge in [-0.15, -0.1) is 0 Å². The molecule has 1 fully saturated rings. The Bertz CT molecular complexity index is 1410. The number of furan rings is 1. The van der Waals surface area contributed by atoms with Gasteiger partial charge in [-0.3, -0.25) is 4.79 Å². The third-order valence-corrected chi connectivity index (χ3v) is 7.12. The number of fused-ring (bicyclic) bond motifs is 1. The molecule has 10 nitrogen and oxygen atoms in total. The minimum Gasteiger partial charge on any atom is -0.456 e. The van der Waals surface area contributed by atoms with Crippen LogP contribution >= 0.6 is 0 Å². The minimum absolute atomic E-state index is 0.250. The monoisotopic (exact) mass is 535 g/mol. The molecule has 4 rings (SSSR count). The van der Waals surface area contributed by atoms with E-state index in [0.29, 0.717) is 11.5 Å². The van der Waals surface area contributed by atoms with Gasteiger partial charge in [-0.2, -0.15) is 5.26 Å². The summed E-state index contributed by atoms with van der Waals surface area (Å²) in [5.74, 6) is -0.0273. The highest BCUT2D eigenvalue weighted by molar-refractivity contribution is 6.04. The minimum atomic E-state index is -1.70. The molecule has 0 aliphatic carbocycles. The third kappa shape index (κ3) is 5.68. The lowest BCUT2D eigenvalue weighted by Crippen LogP contribution is -2.64. The average Bonchev–Trinajstić information content (AvgIpc) is 3.44. The molecule has 0 bridgehead atoms. The number of aliphatic hydroxyl groups excluding tert-OH is 4. The second kappa shape index (κ2) is 12.0. The van der Waals surface area contributed by atoms with E-state index in [0.717, 1.165) is 35.1 Å². The van der Waals surface area contributed by atoms with Crippen molar-refractivity contribution >= 4 is 27.9 Å². The lowest BCUT2D eigenvalue weighted by molar-refractivity contribution is -0.253. The fourth-order valence-electron chi connectivity index (χ4n) is 4.77. The van der Waals surface area contributed by atoms with Crippen molar-refractivity contribution in [1.82, 2.24) is 5.32 Å². The lowest BCUT2D eigenvalue weighted by Gasteiger charge is -2.40. The molecule has 0 radical (unpaired) electrons. The van der Waals surface area contributed by atoms with Gasteiger partial charge in [-0.05, 0) is 61.9 Å². The number of ether oxygens (including phenoxy) is 1. The Morgan fingerprint density at radius 3 is 2.38 bits per heavy atom. The normalized spacial score (nSPS) is 23.7. The van der Waals surface area contributed by atoms with Gasteiger partial charge in [0.1, 0.15) is 47.5 Å². The molecule has 1 saturated heterocycles. The van der Waals surface area contributed by atoms with Crippen LogP contribution in [-0.4, -0.2) is 76.7 Å². The Morgan fingerprint density at radius 1 is 1.03 bits per heavy atom. The molecule has 2 heterocycles. The molecule has 39 heavy (non-hydrogen) atoms. The number of allylic oxidation sites excluding steroid dienone is 1. The SMILES string of the molecule is CCN(CC)c1ccc2cc(-c3ccc(/C(C)=C(\C#N)C(=O)N[C@H]4C(O)O[C@H](CO)[C@@H](O)[C@@H]4O)o3)ccc2c1. The molecular formula is C29H33N3O7. The largest absolute Gasteiger partial charge is 0.456 e. The zero-order valence-corrected chi connectivity index (χ0v) is 22.0. The number of anilines is 1. The van der Waals surface area contributed by atoms with E-state index >= 15 is 0 Å². The maximum Gasteiger partial charge on any atom is 0.262 e. The smallest absolute Gasteiger partial charge is 0.262 e. The van der Waals surface area contributed by atoms with Crippen molar-refractivity contribution in [2.75, 3.05) is 24.6 Å². The number of rotatable bonds is 8. The second-order valence-corrected chi connectivity index (χ2v) is 9.42. The number of hydrogen-bond acceptors (Lipinski definition) is 9. The Labute approximate surface area is 226 Å². The molecule has 206 valence electrons. The summed E-state index contributed by atoms with van der Waals surface area (Å²) in [6.45, 7) is 7.01. The number of carbonyl (C=O) groups excluding carboxylic acids is 1. The molecule has 2 aromatic carbocycles. The molecule has 1 amide bonds. The number of amides is 1. The van der Waals surface area contributed by atoms with E-state index in [9.17, 15) is 30.5 Å². The fourth-order valence-corrected chi connectivity index (χ4v) is 4.77. The number of carbonyl (C=O) groups is 1. The zero-order valence-electron chi connectivity index (χ0n) is 22.0. The van der Waals surface area contributed by atoms with Crippen LogP contribution in [0.2, 0.25) is 0 Å². The number of nitrogens with one attached hydrogen (secondary N) is 1. The summed E-state index contributed by atoms with van der Waals surface area (Å²) in [5, 5.41) is 53.9. The third-order valence-electron chi connectivity index (χ3n) is 7.12. The van der Waals surface area contributed by atoms with Gasteiger partial charge in [0.2, 0.25) is 0 Å². The Morgan fingerprint density at radius 2 is 1.72 bits per heavy atom. The summed E-state index contributed by atoms with van der Waals surface area (Å²) in [4.78, 5) is 15.2. The summed E-state index contributed by atoms with van der Waals surface area (Å²) in [6, 6.07) is 16.1. The number of nitrogens with zero attached hydrogens (tertiary/aromatic N) is 2. The van der Waals surface area contributed by atoms with Crippen LogP contribution in [0.25, 0.3) is 27.7 Å². The Balaban J connectivity index is 1.55. The van der Waals surface area contributed by atoms with Crippen molar-refractivity contribution < 1.29 is 34.4 Å². The summed E-state index contributed by atoms with van der Waals surface area (Å²) >= 11 is 0. The molecule has 1 aliphatic heterocycles. The molecule has 1 aliphatic rings. The highest BCUT2D eigenvalue weighted by Crippen LogP contribution is 2.31. The summed E-state index contributed by atoms with van der Waals surface area (Å²) in [7, 11) is 0. The van der Waals surface area contributed by atoms with E-state index in [1.54, 1.807) is 19.1 Å². The van der Waals surface area contributed by atoms with Crippen molar-refractivity contribution in [3.8, 4) is 17.4 Å². The molecule has 10 heteroatoms. The van der Waals surface area contributed by atoms with E-state index in [1.165, 1.54) is 0 Å². The molecule has 1 unspecified atom stereocenters. The lowest BCUT2D eigenvalue weighted by atomic mass is 9.96. The van der Waals surface area contributed by atoms with Crippen LogP contribution in [0.1, 0.15) is 26.5 Å². The highest BCUT2D eigenvalue weighted by atomic mass is 16.6. The molecule has 0 spiro atoms. The number of benzene rings is 2. The first kappa shape index (κ1) is 28.3. The van der Waals surface area contributed by atoms with Crippen LogP contribution < -0.4 is 10.2 Å². The van der Waals surface area contributed by atoms with Gasteiger partial charge in [0.05, 0.1) is 6.61 Å². The number of aliphatic hydroxyl groups is 4. The Kier molecular flexibility index (Phi) is 8.70. The first-order valence-electron chi connectivity index (χ1n) is 12.8. The van der Waals surface area contributed by atoms with Crippen molar-refractivity contribution in [3.05, 3.63) is 59.9 Å². The first-order valence-corrected chi connectivity index (χ1v) is 12.8. The predicted molar refractivity (Wildman–Crippen MR) is 145 cm³/mol. The number of nitriles is 1. The number of hydrogen-bond donors (Lipinski definition) is 5. The van der Waals surface area contributed by atoms with Gasteiger partial charge < -0.3 is 39.8 Å². The highest BCUT2D eigenvalue weighted by Gasteiger charge is 2.44. The van der Waals surface area contributed by atoms with E-state index in [1.807, 2.05) is 24.3 Å². The summed E-state index contributed by atoms with van der Waals surface area (Å²) in [6.07, 6.45) is -6.08. The maximum absolute atomic E-state index is 12.9. The molecule has 1 aromatic heterocycles. The van der Waals surface area contributed by atoms with E-state index in [4.69, 9.17) is 9.15 Å². The van der Waals surface area contributed by atoms with E-state index < -0.39 is 43.2 Å². The quantitative estimate of drug-likeness (QED) is 0.215. The van der Waals surface area contributed by atoms with Crippen LogP contribution in [0.3, 0.4) is 0 Å². The van der Waals surface area contributed by atoms with Crippen LogP contribution in [0.15, 0.2) is 58.5 Å². The van der Waals surface area contributed by atoms with Gasteiger partial charge in [-0.1, -0.05) is 18.2 Å². The van der Waals surface area contributed by atoms with Gasteiger partial charge in [0.25, 0.3) is 5.91 Å². The first-order chi connectivity index (χ1) is 18.7. The van der Waals surface area contributed by atoms with Crippen molar-refractivity contribution in [3.63, 3.8) is 0 Å². The molecule has 5 atom stereocenters. The van der Waals surface area contributed by atoms with E-state index in [2.05, 4.69) is 42.3 Å². The van der Waals surface area contributed by atoms with Crippen LogP contribution in [0.4, 0.5) is 5.69 Å². The molecule has 0 saturated carbocycles. The van der Waals surface area contributed by atoms with Crippen molar-refractivity contribution in [2.45, 2.75) is 51.4 Å². The summed E-state index contributed by atoms with van der Waals surface area (Å²) < 4.78 is 11.1. The molecule has 5 N–H and O–H groups in total. The topological polar surface area (TPSA) is 159 Å². The average molecular weight is 536 g/mol. The standard InChI is InChI=1S/C29H33N3O7/c1-4-32(5-2)20-9-8-17-12-19(7-6-18(17)13-20)23-11-10-22(38-23)16(3)21(14-30)28(36)31-25-27(35)26(34)24(15-33)39-29(25)37/h6-13,24-27,29,33-35,37H,4-5,15H2,1-3H3,(H,31,36)/b21-16+/t24-,25-,26-,27-,29?/m1/s1. The van der Waals surface area contributed by atoms with Gasteiger partial charge in [0, 0.05) is 29.9 Å². The van der Waals surface area contributed by atoms with Crippen LogP contribution in [0, 0.1) is 11.3 Å². The van der Waals surface area contributed by atoms with Crippen molar-refractivity contribution in [2.24, 2.45) is 0 Å². The predicted octanol–water partition coefficient (Wildman–Crippen LogP) is 2.16. The molecular weight excluding hydrogens is 502 g/mol. The van der Waals surface area contributed by atoms with Crippen molar-refractivity contribution in [1.29, 1.82) is 5.26 Å². The molecule has 3 aromatic rings. The Hall–Kier alpha value is -3.72. The second-order valence-electron chi connectivity index (χ2n) is 9.42. The van der Waals surface area contributed by atoms with Crippen LogP contribution in [0.5, 0.6) is 0 Å². The van der Waals surface area contributed by atoms with E-state index in [-0.39, 0.29) is 11.1 Å². The van der Waals surface area contributed by atoms with Gasteiger partial charge in [0.15, 0.2) is 6.29 Å². The maximum atomic E-state index is 12.9. The fraction of sp³-hybridized carbons (Fsp3) is 0.379.